The Morgan fingerprint density at radius 3 is 2.42 bits per heavy atom. The van der Waals surface area contributed by atoms with Gasteiger partial charge in [0.2, 0.25) is 10.0 Å². The average Bonchev–Trinajstić information content (AvgIpc) is 3.12. The molecule has 0 amide bonds. The molecule has 19 heavy (non-hydrogen) atoms. The highest BCUT2D eigenvalue weighted by molar-refractivity contribution is 7.89. The van der Waals surface area contributed by atoms with Gasteiger partial charge < -0.3 is 5.73 Å². The Kier molecular flexibility index (Phi) is 4.23. The van der Waals surface area contributed by atoms with Crippen molar-refractivity contribution in [1.29, 1.82) is 0 Å². The minimum Gasteiger partial charge on any atom is -0.393 e. The van der Waals surface area contributed by atoms with Gasteiger partial charge in [0.25, 0.3) is 0 Å². The van der Waals surface area contributed by atoms with E-state index in [0.29, 0.717) is 28.8 Å². The Morgan fingerprint density at radius 2 is 1.95 bits per heavy atom. The number of sulfonamides is 1. The molecule has 0 aromatic heterocycles. The maximum Gasteiger partial charge on any atom is 0.242 e. The van der Waals surface area contributed by atoms with E-state index in [1.807, 2.05) is 0 Å². The summed E-state index contributed by atoms with van der Waals surface area (Å²) >= 11 is 4.83. The molecule has 6 heteroatoms. The lowest BCUT2D eigenvalue weighted by atomic mass is 10.1. The van der Waals surface area contributed by atoms with Crippen molar-refractivity contribution in [3.05, 3.63) is 29.8 Å². The molecule has 0 radical (unpaired) electrons. The molecule has 1 aromatic carbocycles. The second-order valence-corrected chi connectivity index (χ2v) is 7.59. The summed E-state index contributed by atoms with van der Waals surface area (Å²) in [6.07, 6.45) is 2.76. The number of rotatable bonds is 6. The highest BCUT2D eigenvalue weighted by Crippen LogP contribution is 2.30. The lowest BCUT2D eigenvalue weighted by Crippen LogP contribution is -2.28. The van der Waals surface area contributed by atoms with Crippen LogP contribution in [0.25, 0.3) is 0 Å². The van der Waals surface area contributed by atoms with Crippen molar-refractivity contribution in [1.82, 2.24) is 4.31 Å². The van der Waals surface area contributed by atoms with Crippen molar-refractivity contribution < 1.29 is 8.42 Å². The van der Waals surface area contributed by atoms with E-state index in [4.69, 9.17) is 18.0 Å². The Hall–Kier alpha value is -0.980. The minimum absolute atomic E-state index is 0.322. The maximum atomic E-state index is 12.3. The number of nitrogens with zero attached hydrogens (tertiary/aromatic N) is 1. The summed E-state index contributed by atoms with van der Waals surface area (Å²) in [5, 5.41) is 0. The molecule has 0 atom stereocenters. The molecule has 1 fully saturated rings. The molecule has 1 aliphatic carbocycles. The molecule has 104 valence electrons. The van der Waals surface area contributed by atoms with Gasteiger partial charge in [-0.15, -0.1) is 0 Å². The molecule has 1 aliphatic rings. The monoisotopic (exact) mass is 298 g/mol. The first-order valence-electron chi connectivity index (χ1n) is 6.23. The van der Waals surface area contributed by atoms with E-state index >= 15 is 0 Å². The van der Waals surface area contributed by atoms with Gasteiger partial charge >= 0.3 is 0 Å². The Balaban J connectivity index is 2.13. The first kappa shape index (κ1) is 14.4. The van der Waals surface area contributed by atoms with Crippen molar-refractivity contribution in [2.24, 2.45) is 11.7 Å². The molecule has 0 spiro atoms. The largest absolute Gasteiger partial charge is 0.393 e. The predicted octanol–water partition coefficient (Wildman–Crippen LogP) is 1.55. The number of hydrogen-bond acceptors (Lipinski definition) is 3. The molecular weight excluding hydrogens is 280 g/mol. The summed E-state index contributed by atoms with van der Waals surface area (Å²) in [6, 6.07) is 6.76. The fourth-order valence-electron chi connectivity index (χ4n) is 1.92. The van der Waals surface area contributed by atoms with Crippen LogP contribution in [0.2, 0.25) is 0 Å². The number of hydrogen-bond donors (Lipinski definition) is 1. The van der Waals surface area contributed by atoms with E-state index in [1.54, 1.807) is 31.3 Å². The highest BCUT2D eigenvalue weighted by Gasteiger charge is 2.28. The molecule has 0 aliphatic heterocycles. The van der Waals surface area contributed by atoms with Gasteiger partial charge in [0.1, 0.15) is 0 Å². The molecule has 0 unspecified atom stereocenters. The summed E-state index contributed by atoms with van der Waals surface area (Å²) < 4.78 is 26.0. The fourth-order valence-corrected chi connectivity index (χ4v) is 3.34. The topological polar surface area (TPSA) is 63.4 Å². The van der Waals surface area contributed by atoms with Gasteiger partial charge in [0.15, 0.2) is 0 Å². The molecule has 0 heterocycles. The van der Waals surface area contributed by atoms with E-state index in [-0.39, 0.29) is 0 Å². The van der Waals surface area contributed by atoms with Crippen LogP contribution in [-0.2, 0) is 16.4 Å². The highest BCUT2D eigenvalue weighted by atomic mass is 32.2. The van der Waals surface area contributed by atoms with Crippen LogP contribution in [-0.4, -0.2) is 31.3 Å². The van der Waals surface area contributed by atoms with Crippen molar-refractivity contribution in [2.45, 2.75) is 24.2 Å². The zero-order valence-corrected chi connectivity index (χ0v) is 12.5. The lowest BCUT2D eigenvalue weighted by molar-refractivity contribution is 0.453. The molecule has 2 rings (SSSR count). The quantitative estimate of drug-likeness (QED) is 0.809. The Morgan fingerprint density at radius 1 is 1.37 bits per heavy atom. The van der Waals surface area contributed by atoms with E-state index in [1.165, 1.54) is 4.31 Å². The Labute approximate surface area is 119 Å². The molecule has 4 nitrogen and oxygen atoms in total. The van der Waals surface area contributed by atoms with Crippen molar-refractivity contribution >= 4 is 27.2 Å². The van der Waals surface area contributed by atoms with Crippen LogP contribution in [0.4, 0.5) is 0 Å². The van der Waals surface area contributed by atoms with Crippen LogP contribution >= 0.6 is 12.2 Å². The summed E-state index contributed by atoms with van der Waals surface area (Å²) in [4.78, 5) is 0.726. The van der Waals surface area contributed by atoms with Gasteiger partial charge in [-0.2, -0.15) is 0 Å². The third kappa shape index (κ3) is 3.75. The summed E-state index contributed by atoms with van der Waals surface area (Å²) in [7, 11) is -1.73. The smallest absolute Gasteiger partial charge is 0.242 e. The van der Waals surface area contributed by atoms with Crippen LogP contribution < -0.4 is 5.73 Å². The van der Waals surface area contributed by atoms with Crippen molar-refractivity contribution in [2.75, 3.05) is 13.6 Å². The third-order valence-electron chi connectivity index (χ3n) is 3.22. The van der Waals surface area contributed by atoms with Gasteiger partial charge in [-0.25, -0.2) is 12.7 Å². The van der Waals surface area contributed by atoms with Crippen molar-refractivity contribution in [3.8, 4) is 0 Å². The molecule has 0 bridgehead atoms. The van der Waals surface area contributed by atoms with Gasteiger partial charge in [-0.3, -0.25) is 0 Å². The number of benzene rings is 1. The summed E-state index contributed by atoms with van der Waals surface area (Å²) in [5.74, 6) is 0.536. The van der Waals surface area contributed by atoms with E-state index in [2.05, 4.69) is 0 Å². The molecule has 0 saturated heterocycles. The standard InChI is InChI=1S/C13H18N2O2S2/c1-15(9-11-2-3-11)19(16,17)12-6-4-10(5-7-12)8-13(14)18/h4-7,11H,2-3,8-9H2,1H3,(H2,14,18). The predicted molar refractivity (Wildman–Crippen MR) is 79.5 cm³/mol. The third-order valence-corrected chi connectivity index (χ3v) is 5.20. The van der Waals surface area contributed by atoms with Crippen LogP contribution in [0.3, 0.4) is 0 Å². The number of thiocarbonyl (C=S) groups is 1. The van der Waals surface area contributed by atoms with Gasteiger partial charge in [0, 0.05) is 20.0 Å². The molecule has 2 N–H and O–H groups in total. The van der Waals surface area contributed by atoms with E-state index in [9.17, 15) is 8.42 Å². The van der Waals surface area contributed by atoms with Crippen LogP contribution in [0.15, 0.2) is 29.2 Å². The normalized spacial score (nSPS) is 15.7. The van der Waals surface area contributed by atoms with Gasteiger partial charge in [-0.1, -0.05) is 24.4 Å². The molecule has 1 aromatic rings. The fraction of sp³-hybridized carbons (Fsp3) is 0.462. The lowest BCUT2D eigenvalue weighted by Gasteiger charge is -2.17. The Bertz CT molecular complexity index is 563. The van der Waals surface area contributed by atoms with Crippen molar-refractivity contribution in [3.63, 3.8) is 0 Å². The summed E-state index contributed by atoms with van der Waals surface area (Å²) in [6.45, 7) is 0.608. The SMILES string of the molecule is CN(CC1CC1)S(=O)(=O)c1ccc(CC(N)=S)cc1. The second kappa shape index (κ2) is 5.56. The van der Waals surface area contributed by atoms with Crippen LogP contribution in [0, 0.1) is 5.92 Å². The first-order valence-corrected chi connectivity index (χ1v) is 8.08. The van der Waals surface area contributed by atoms with E-state index in [0.717, 1.165) is 18.4 Å². The van der Waals surface area contributed by atoms with Crippen LogP contribution in [0.5, 0.6) is 0 Å². The van der Waals surface area contributed by atoms with Gasteiger partial charge in [-0.05, 0) is 36.5 Å². The average molecular weight is 298 g/mol. The first-order chi connectivity index (χ1) is 8.89. The van der Waals surface area contributed by atoms with Gasteiger partial charge in [0.05, 0.1) is 9.88 Å². The molecule has 1 saturated carbocycles. The number of nitrogens with two attached hydrogens (primary N) is 1. The zero-order valence-electron chi connectivity index (χ0n) is 10.9. The van der Waals surface area contributed by atoms with E-state index < -0.39 is 10.0 Å². The summed E-state index contributed by atoms with van der Waals surface area (Å²) in [5.41, 5.74) is 6.39. The minimum atomic E-state index is -3.37. The maximum absolute atomic E-state index is 12.3. The second-order valence-electron chi connectivity index (χ2n) is 5.02. The molecular formula is C13H18N2O2S2. The van der Waals surface area contributed by atoms with Crippen LogP contribution in [0.1, 0.15) is 18.4 Å². The zero-order chi connectivity index (χ0) is 14.0.